The van der Waals surface area contributed by atoms with E-state index in [4.69, 9.17) is 4.74 Å². The second-order valence-corrected chi connectivity index (χ2v) is 24.9. The van der Waals surface area contributed by atoms with E-state index in [1.165, 1.54) is 340 Å². The summed E-state index contributed by atoms with van der Waals surface area (Å²) in [5.41, 5.74) is 0. The number of esters is 1. The fraction of sp³-hybridized carbons (Fsp3) is 0.944. The quantitative estimate of drug-likeness (QED) is 0.0320. The van der Waals surface area contributed by atoms with Crippen LogP contribution in [-0.4, -0.2) is 47.4 Å². The van der Waals surface area contributed by atoms with E-state index < -0.39 is 12.1 Å². The lowest BCUT2D eigenvalue weighted by Crippen LogP contribution is -2.45. The van der Waals surface area contributed by atoms with Crippen molar-refractivity contribution in [2.75, 3.05) is 13.2 Å². The van der Waals surface area contributed by atoms with E-state index in [1.54, 1.807) is 0 Å². The zero-order valence-corrected chi connectivity index (χ0v) is 53.2. The third-order valence-corrected chi connectivity index (χ3v) is 17.1. The molecular weight excluding hydrogens is 959 g/mol. The highest BCUT2D eigenvalue weighted by atomic mass is 16.5. The first kappa shape index (κ1) is 76.6. The molecule has 0 saturated carbocycles. The Kier molecular flexibility index (Phi) is 66.9. The van der Waals surface area contributed by atoms with Crippen molar-refractivity contribution in [1.29, 1.82) is 0 Å². The van der Waals surface area contributed by atoms with Gasteiger partial charge in [0.2, 0.25) is 5.91 Å². The molecule has 464 valence electrons. The van der Waals surface area contributed by atoms with Crippen LogP contribution in [0.5, 0.6) is 0 Å². The van der Waals surface area contributed by atoms with E-state index in [9.17, 15) is 19.8 Å². The van der Waals surface area contributed by atoms with Gasteiger partial charge in [0.25, 0.3) is 0 Å². The Morgan fingerprint density at radius 3 is 0.910 bits per heavy atom. The van der Waals surface area contributed by atoms with Crippen molar-refractivity contribution in [2.24, 2.45) is 0 Å². The number of carbonyl (C=O) groups is 2. The molecule has 2 unspecified atom stereocenters. The molecule has 6 nitrogen and oxygen atoms in total. The van der Waals surface area contributed by atoms with Crippen molar-refractivity contribution in [3.05, 3.63) is 12.2 Å². The zero-order valence-electron chi connectivity index (χ0n) is 53.2. The van der Waals surface area contributed by atoms with Crippen LogP contribution in [0.15, 0.2) is 12.2 Å². The second kappa shape index (κ2) is 68.1. The Hall–Kier alpha value is -1.40. The number of ether oxygens (including phenoxy) is 1. The Bertz CT molecular complexity index is 1180. The number of carbonyl (C=O) groups excluding carboxylic acids is 2. The van der Waals surface area contributed by atoms with Crippen LogP contribution in [0.25, 0.3) is 0 Å². The number of allylic oxidation sites excluding steroid dienone is 2. The molecule has 0 aliphatic carbocycles. The number of hydrogen-bond donors (Lipinski definition) is 3. The molecular formula is C72H141NO5. The van der Waals surface area contributed by atoms with Gasteiger partial charge in [-0.3, -0.25) is 9.59 Å². The molecule has 0 heterocycles. The van der Waals surface area contributed by atoms with Crippen molar-refractivity contribution < 1.29 is 24.5 Å². The van der Waals surface area contributed by atoms with Gasteiger partial charge in [-0.15, -0.1) is 0 Å². The minimum Gasteiger partial charge on any atom is -0.466 e. The monoisotopic (exact) mass is 1100 g/mol. The van der Waals surface area contributed by atoms with Crippen LogP contribution in [0, 0.1) is 0 Å². The maximum absolute atomic E-state index is 12.5. The highest BCUT2D eigenvalue weighted by Gasteiger charge is 2.20. The standard InChI is InChI=1S/C72H141NO5/c1-3-5-7-9-11-13-15-17-19-33-36-40-44-48-52-56-60-64-70(75)69(68-74)73-71(76)65-61-57-53-49-45-41-37-34-31-29-27-25-23-21-22-24-26-28-30-32-35-39-43-47-51-55-59-63-67-78-72(77)66-62-58-54-50-46-42-38-20-18-16-14-12-10-8-6-4-2/h21-22,69-70,74-75H,3-20,23-68H2,1-2H3,(H,73,76)/b22-21-. The number of nitrogens with one attached hydrogen (secondary N) is 1. The van der Waals surface area contributed by atoms with E-state index in [2.05, 4.69) is 31.3 Å². The first-order chi connectivity index (χ1) is 38.5. The van der Waals surface area contributed by atoms with Gasteiger partial charge in [0.05, 0.1) is 25.4 Å². The predicted molar refractivity (Wildman–Crippen MR) is 343 cm³/mol. The molecule has 0 fully saturated rings. The van der Waals surface area contributed by atoms with Crippen LogP contribution >= 0.6 is 0 Å². The molecule has 0 aliphatic rings. The first-order valence-electron chi connectivity index (χ1n) is 35.9. The molecule has 0 aromatic carbocycles. The molecule has 0 saturated heterocycles. The Morgan fingerprint density at radius 2 is 0.603 bits per heavy atom. The molecule has 1 amide bonds. The Labute approximate surface area is 489 Å². The minimum absolute atomic E-state index is 0.0204. The molecule has 0 rings (SSSR count). The van der Waals surface area contributed by atoms with Gasteiger partial charge in [-0.05, 0) is 51.4 Å². The summed E-state index contributed by atoms with van der Waals surface area (Å²) in [5.74, 6) is -0.0105. The van der Waals surface area contributed by atoms with Crippen LogP contribution in [0.4, 0.5) is 0 Å². The molecule has 0 radical (unpaired) electrons. The molecule has 78 heavy (non-hydrogen) atoms. The number of rotatable bonds is 68. The molecule has 0 bridgehead atoms. The average Bonchev–Trinajstić information content (AvgIpc) is 3.44. The summed E-state index contributed by atoms with van der Waals surface area (Å²) in [6.07, 6.45) is 84.1. The summed E-state index contributed by atoms with van der Waals surface area (Å²) in [5, 5.41) is 23.4. The highest BCUT2D eigenvalue weighted by Crippen LogP contribution is 2.19. The van der Waals surface area contributed by atoms with Gasteiger partial charge in [0.1, 0.15) is 0 Å². The van der Waals surface area contributed by atoms with E-state index in [1.807, 2.05) is 0 Å². The molecule has 0 aromatic heterocycles. The number of aliphatic hydroxyl groups is 2. The molecule has 3 N–H and O–H groups in total. The maximum atomic E-state index is 12.5. The lowest BCUT2D eigenvalue weighted by Gasteiger charge is -2.22. The molecule has 0 aliphatic heterocycles. The maximum Gasteiger partial charge on any atom is 0.305 e. The normalized spacial score (nSPS) is 12.5. The van der Waals surface area contributed by atoms with Crippen LogP contribution in [-0.2, 0) is 14.3 Å². The van der Waals surface area contributed by atoms with Crippen LogP contribution < -0.4 is 5.32 Å². The molecule has 0 spiro atoms. The topological polar surface area (TPSA) is 95.9 Å². The van der Waals surface area contributed by atoms with Crippen molar-refractivity contribution in [3.63, 3.8) is 0 Å². The average molecular weight is 1100 g/mol. The lowest BCUT2D eigenvalue weighted by molar-refractivity contribution is -0.143. The summed E-state index contributed by atoms with van der Waals surface area (Å²) in [6.45, 7) is 5.00. The van der Waals surface area contributed by atoms with E-state index in [0.29, 0.717) is 25.9 Å². The lowest BCUT2D eigenvalue weighted by atomic mass is 10.0. The van der Waals surface area contributed by atoms with Crippen LogP contribution in [0.1, 0.15) is 412 Å². The van der Waals surface area contributed by atoms with E-state index in [-0.39, 0.29) is 18.5 Å². The van der Waals surface area contributed by atoms with Crippen molar-refractivity contribution in [3.8, 4) is 0 Å². The summed E-state index contributed by atoms with van der Waals surface area (Å²) < 4.78 is 5.50. The zero-order chi connectivity index (χ0) is 56.4. The van der Waals surface area contributed by atoms with Crippen molar-refractivity contribution in [1.82, 2.24) is 5.32 Å². The van der Waals surface area contributed by atoms with Gasteiger partial charge in [-0.25, -0.2) is 0 Å². The number of unbranched alkanes of at least 4 members (excludes halogenated alkanes) is 55. The van der Waals surface area contributed by atoms with Crippen LogP contribution in [0.3, 0.4) is 0 Å². The first-order valence-corrected chi connectivity index (χ1v) is 35.9. The van der Waals surface area contributed by atoms with Gasteiger partial charge < -0.3 is 20.3 Å². The fourth-order valence-corrected chi connectivity index (χ4v) is 11.6. The van der Waals surface area contributed by atoms with E-state index >= 15 is 0 Å². The molecule has 2 atom stereocenters. The number of amides is 1. The Balaban J connectivity index is 3.36. The fourth-order valence-electron chi connectivity index (χ4n) is 11.6. The van der Waals surface area contributed by atoms with Gasteiger partial charge in [-0.1, -0.05) is 360 Å². The van der Waals surface area contributed by atoms with Gasteiger partial charge in [0, 0.05) is 12.8 Å². The summed E-state index contributed by atoms with van der Waals surface area (Å²) in [7, 11) is 0. The largest absolute Gasteiger partial charge is 0.466 e. The Morgan fingerprint density at radius 1 is 0.346 bits per heavy atom. The third-order valence-electron chi connectivity index (χ3n) is 17.1. The van der Waals surface area contributed by atoms with Crippen LogP contribution in [0.2, 0.25) is 0 Å². The smallest absolute Gasteiger partial charge is 0.305 e. The third kappa shape index (κ3) is 63.8. The van der Waals surface area contributed by atoms with Crippen molar-refractivity contribution in [2.45, 2.75) is 424 Å². The van der Waals surface area contributed by atoms with E-state index in [0.717, 1.165) is 38.5 Å². The highest BCUT2D eigenvalue weighted by molar-refractivity contribution is 5.76. The van der Waals surface area contributed by atoms with Gasteiger partial charge >= 0.3 is 5.97 Å². The van der Waals surface area contributed by atoms with Gasteiger partial charge in [0.15, 0.2) is 0 Å². The summed E-state index contributed by atoms with van der Waals surface area (Å²) in [6, 6.07) is -0.541. The number of aliphatic hydroxyl groups excluding tert-OH is 2. The van der Waals surface area contributed by atoms with Crippen molar-refractivity contribution >= 4 is 11.9 Å². The SMILES string of the molecule is CCCCCCCCCCCCCCCCCCCC(O)C(CO)NC(=O)CCCCCCCCCCCCCC/C=C\CCCCCCCCCCCCCCOC(=O)CCCCCCCCCCCCCCCCCC. The predicted octanol–water partition coefficient (Wildman–Crippen LogP) is 23.1. The molecule has 6 heteroatoms. The second-order valence-electron chi connectivity index (χ2n) is 24.9. The summed E-state index contributed by atoms with van der Waals surface area (Å²) in [4.78, 5) is 24.6. The summed E-state index contributed by atoms with van der Waals surface area (Å²) >= 11 is 0. The number of hydrogen-bond acceptors (Lipinski definition) is 5. The minimum atomic E-state index is -0.664. The molecule has 0 aromatic rings. The van der Waals surface area contributed by atoms with Gasteiger partial charge in [-0.2, -0.15) is 0 Å².